The van der Waals surface area contributed by atoms with Crippen LogP contribution >= 0.6 is 43.5 Å². The van der Waals surface area contributed by atoms with Crippen molar-refractivity contribution in [1.82, 2.24) is 4.90 Å². The van der Waals surface area contributed by atoms with Crippen LogP contribution in [0.3, 0.4) is 0 Å². The van der Waals surface area contributed by atoms with E-state index in [2.05, 4.69) is 37.2 Å². The van der Waals surface area contributed by atoms with E-state index >= 15 is 0 Å². The zero-order chi connectivity index (χ0) is 22.0. The predicted molar refractivity (Wildman–Crippen MR) is 116 cm³/mol. The molecule has 3 rings (SSSR count). The lowest BCUT2D eigenvalue weighted by Crippen LogP contribution is -2.37. The number of imide groups is 1. The molecule has 1 aromatic carbocycles. The van der Waals surface area contributed by atoms with Crippen molar-refractivity contribution in [2.24, 2.45) is 11.8 Å². The summed E-state index contributed by atoms with van der Waals surface area (Å²) in [6.07, 6.45) is 1.03. The molecule has 1 aliphatic carbocycles. The molecule has 1 heterocycles. The summed E-state index contributed by atoms with van der Waals surface area (Å²) in [5.41, 5.74) is 0.327. The smallest absolute Gasteiger partial charge is 0.326 e. The van der Waals surface area contributed by atoms with Crippen LogP contribution in [0.5, 0.6) is 5.75 Å². The summed E-state index contributed by atoms with van der Waals surface area (Å²) in [7, 11) is 1.44. The minimum atomic E-state index is -0.839. The first-order chi connectivity index (χ1) is 14.2. The van der Waals surface area contributed by atoms with Gasteiger partial charge in [-0.15, -0.1) is 0 Å². The number of alkyl halides is 2. The number of amides is 3. The number of carbonyl (C=O) groups excluding carboxylic acids is 4. The molecular weight excluding hydrogens is 547 g/mol. The van der Waals surface area contributed by atoms with Crippen LogP contribution in [-0.2, 0) is 23.9 Å². The number of nitrogens with zero attached hydrogens (tertiary/aromatic N) is 1. The van der Waals surface area contributed by atoms with Gasteiger partial charge in [-0.1, -0.05) is 43.5 Å². The fourth-order valence-electron chi connectivity index (χ4n) is 3.60. The molecule has 2 fully saturated rings. The zero-order valence-corrected chi connectivity index (χ0v) is 19.8. The van der Waals surface area contributed by atoms with E-state index in [1.165, 1.54) is 13.2 Å². The Labute approximate surface area is 194 Å². The number of hydrogen-bond donors (Lipinski definition) is 1. The summed E-state index contributed by atoms with van der Waals surface area (Å²) < 4.78 is 10.1. The van der Waals surface area contributed by atoms with Crippen LogP contribution in [0.15, 0.2) is 18.2 Å². The Hall–Kier alpha value is -1.65. The van der Waals surface area contributed by atoms with E-state index in [0.29, 0.717) is 29.3 Å². The van der Waals surface area contributed by atoms with Gasteiger partial charge in [0.05, 0.1) is 24.6 Å². The second-order valence-electron chi connectivity index (χ2n) is 7.03. The van der Waals surface area contributed by atoms with Crippen LogP contribution in [0.4, 0.5) is 5.69 Å². The average Bonchev–Trinajstić information content (AvgIpc) is 2.91. The Morgan fingerprint density at radius 3 is 2.33 bits per heavy atom. The lowest BCUT2D eigenvalue weighted by Gasteiger charge is -2.29. The Balaban J connectivity index is 1.54. The lowest BCUT2D eigenvalue weighted by molar-refractivity contribution is -0.154. The maximum absolute atomic E-state index is 12.6. The molecular formula is C19H19Br2ClN2O6. The van der Waals surface area contributed by atoms with E-state index in [9.17, 15) is 19.2 Å². The quantitative estimate of drug-likeness (QED) is 0.323. The van der Waals surface area contributed by atoms with Crippen molar-refractivity contribution in [2.75, 3.05) is 25.6 Å². The SMILES string of the molecule is COc1ccc(Cl)cc1NC(=O)COC(=O)CN1C(=O)[C@H]2C[C@@H](Br)[C@@H](Br)C[C@H]2C1=O. The van der Waals surface area contributed by atoms with Crippen molar-refractivity contribution in [3.8, 4) is 5.75 Å². The maximum atomic E-state index is 12.6. The van der Waals surface area contributed by atoms with Crippen LogP contribution in [0.2, 0.25) is 5.02 Å². The number of rotatable bonds is 6. The molecule has 0 unspecified atom stereocenters. The van der Waals surface area contributed by atoms with E-state index in [1.54, 1.807) is 12.1 Å². The van der Waals surface area contributed by atoms with E-state index < -0.39 is 36.9 Å². The molecule has 1 aromatic rings. The van der Waals surface area contributed by atoms with E-state index in [-0.39, 0.29) is 21.5 Å². The number of likely N-dealkylation sites (tertiary alicyclic amines) is 1. The highest BCUT2D eigenvalue weighted by Crippen LogP contribution is 2.43. The number of benzene rings is 1. The van der Waals surface area contributed by atoms with Gasteiger partial charge in [-0.25, -0.2) is 0 Å². The molecule has 0 aromatic heterocycles. The van der Waals surface area contributed by atoms with Crippen molar-refractivity contribution in [2.45, 2.75) is 22.5 Å². The van der Waals surface area contributed by atoms with Crippen molar-refractivity contribution < 1.29 is 28.7 Å². The van der Waals surface area contributed by atoms with Crippen LogP contribution in [-0.4, -0.2) is 58.5 Å². The predicted octanol–water partition coefficient (Wildman–Crippen LogP) is 2.75. The first-order valence-electron chi connectivity index (χ1n) is 9.13. The molecule has 1 saturated heterocycles. The standard InChI is InChI=1S/C19H19Br2ClN2O6/c1-29-15-3-2-9(22)4-14(15)23-16(25)8-30-17(26)7-24-18(27)10-5-12(20)13(21)6-11(10)19(24)28/h2-4,10-13H,5-8H2,1H3,(H,23,25)/t10-,11+,12+,13-. The maximum Gasteiger partial charge on any atom is 0.326 e. The number of nitrogens with one attached hydrogen (secondary N) is 1. The molecule has 2 aliphatic rings. The molecule has 1 aliphatic heterocycles. The normalized spacial score (nSPS) is 25.7. The topological polar surface area (TPSA) is 102 Å². The molecule has 0 radical (unpaired) electrons. The molecule has 1 saturated carbocycles. The minimum Gasteiger partial charge on any atom is -0.495 e. The third-order valence-corrected chi connectivity index (χ3v) is 8.06. The van der Waals surface area contributed by atoms with Gasteiger partial charge in [0.15, 0.2) is 6.61 Å². The first kappa shape index (κ1) is 23.0. The number of ether oxygens (including phenoxy) is 2. The van der Waals surface area contributed by atoms with Crippen LogP contribution < -0.4 is 10.1 Å². The van der Waals surface area contributed by atoms with Gasteiger partial charge >= 0.3 is 5.97 Å². The highest BCUT2D eigenvalue weighted by atomic mass is 79.9. The number of fused-ring (bicyclic) bond motifs is 1. The van der Waals surface area contributed by atoms with Crippen molar-refractivity contribution in [1.29, 1.82) is 0 Å². The third-order valence-electron chi connectivity index (χ3n) is 5.09. The Kier molecular flexibility index (Phi) is 7.41. The monoisotopic (exact) mass is 564 g/mol. The summed E-state index contributed by atoms with van der Waals surface area (Å²) in [6, 6.07) is 4.69. The first-order valence-corrected chi connectivity index (χ1v) is 11.3. The summed E-state index contributed by atoms with van der Waals surface area (Å²) in [6.45, 7) is -1.09. The number of halogens is 3. The summed E-state index contributed by atoms with van der Waals surface area (Å²) in [4.78, 5) is 50.5. The van der Waals surface area contributed by atoms with Crippen molar-refractivity contribution in [3.05, 3.63) is 23.2 Å². The van der Waals surface area contributed by atoms with E-state index in [1.807, 2.05) is 0 Å². The van der Waals surface area contributed by atoms with Gasteiger partial charge in [0.1, 0.15) is 12.3 Å². The van der Waals surface area contributed by atoms with Gasteiger partial charge < -0.3 is 14.8 Å². The molecule has 8 nitrogen and oxygen atoms in total. The van der Waals surface area contributed by atoms with E-state index in [0.717, 1.165) is 4.90 Å². The van der Waals surface area contributed by atoms with Gasteiger partial charge in [0.25, 0.3) is 5.91 Å². The van der Waals surface area contributed by atoms with Gasteiger partial charge in [0.2, 0.25) is 11.8 Å². The molecule has 0 bridgehead atoms. The third kappa shape index (κ3) is 4.97. The molecule has 1 N–H and O–H groups in total. The number of hydrogen-bond acceptors (Lipinski definition) is 6. The molecule has 30 heavy (non-hydrogen) atoms. The average molecular weight is 567 g/mol. The minimum absolute atomic E-state index is 0.0783. The number of anilines is 1. The largest absolute Gasteiger partial charge is 0.495 e. The van der Waals surface area contributed by atoms with Gasteiger partial charge in [-0.05, 0) is 31.0 Å². The number of methoxy groups -OCH3 is 1. The Bertz CT molecular complexity index is 855. The Morgan fingerprint density at radius 1 is 1.17 bits per heavy atom. The summed E-state index contributed by atoms with van der Waals surface area (Å²) in [5.74, 6) is -2.69. The number of esters is 1. The molecule has 4 atom stereocenters. The zero-order valence-electron chi connectivity index (χ0n) is 15.9. The Morgan fingerprint density at radius 2 is 1.77 bits per heavy atom. The highest BCUT2D eigenvalue weighted by Gasteiger charge is 2.52. The van der Waals surface area contributed by atoms with E-state index in [4.69, 9.17) is 21.1 Å². The summed E-state index contributed by atoms with van der Waals surface area (Å²) >= 11 is 12.9. The highest BCUT2D eigenvalue weighted by molar-refractivity contribution is 9.12. The second-order valence-corrected chi connectivity index (χ2v) is 9.82. The molecule has 3 amide bonds. The van der Waals surface area contributed by atoms with Crippen LogP contribution in [0, 0.1) is 11.8 Å². The van der Waals surface area contributed by atoms with Crippen molar-refractivity contribution in [3.63, 3.8) is 0 Å². The second kappa shape index (κ2) is 9.65. The van der Waals surface area contributed by atoms with Crippen LogP contribution in [0.1, 0.15) is 12.8 Å². The molecule has 11 heteroatoms. The van der Waals surface area contributed by atoms with Gasteiger partial charge in [0, 0.05) is 14.7 Å². The number of carbonyl (C=O) groups is 4. The lowest BCUT2D eigenvalue weighted by atomic mass is 9.81. The fourth-order valence-corrected chi connectivity index (χ4v) is 5.01. The van der Waals surface area contributed by atoms with Crippen LogP contribution in [0.25, 0.3) is 0 Å². The van der Waals surface area contributed by atoms with Crippen molar-refractivity contribution >= 4 is 72.8 Å². The summed E-state index contributed by atoms with van der Waals surface area (Å²) in [5, 5.41) is 2.93. The van der Waals surface area contributed by atoms with Gasteiger partial charge in [-0.3, -0.25) is 24.1 Å². The molecule has 162 valence electrons. The van der Waals surface area contributed by atoms with Gasteiger partial charge in [-0.2, -0.15) is 0 Å². The fraction of sp³-hybridized carbons (Fsp3) is 0.474. The molecule has 0 spiro atoms.